The monoisotopic (exact) mass is 196 g/mol. The van der Waals surface area contributed by atoms with E-state index in [9.17, 15) is 0 Å². The standard InChI is InChI=1S/C10H16N2S/c1-3-10-12-9(5-13-10)8-4-7(8)6(2)11/h5-8H,3-4,11H2,1-2H3. The second-order valence-electron chi connectivity index (χ2n) is 3.88. The van der Waals surface area contributed by atoms with Crippen LogP contribution in [-0.4, -0.2) is 11.0 Å². The summed E-state index contributed by atoms with van der Waals surface area (Å²) in [7, 11) is 0. The zero-order valence-corrected chi connectivity index (χ0v) is 8.97. The third-order valence-corrected chi connectivity index (χ3v) is 3.78. The molecule has 13 heavy (non-hydrogen) atoms. The first-order valence-corrected chi connectivity index (χ1v) is 5.80. The highest BCUT2D eigenvalue weighted by Crippen LogP contribution is 2.48. The lowest BCUT2D eigenvalue weighted by Gasteiger charge is -2.00. The fourth-order valence-corrected chi connectivity index (χ4v) is 2.60. The van der Waals surface area contributed by atoms with Crippen LogP contribution in [0.2, 0.25) is 0 Å². The van der Waals surface area contributed by atoms with Crippen LogP contribution in [0.3, 0.4) is 0 Å². The molecule has 0 amide bonds. The fourth-order valence-electron chi connectivity index (χ4n) is 1.79. The molecule has 0 bridgehead atoms. The zero-order chi connectivity index (χ0) is 9.42. The molecule has 0 aromatic carbocycles. The Bertz CT molecular complexity index is 293. The summed E-state index contributed by atoms with van der Waals surface area (Å²) in [5, 5.41) is 3.46. The third kappa shape index (κ3) is 1.76. The van der Waals surface area contributed by atoms with Crippen molar-refractivity contribution in [2.45, 2.75) is 38.6 Å². The number of nitrogens with two attached hydrogens (primary N) is 1. The van der Waals surface area contributed by atoms with Gasteiger partial charge < -0.3 is 5.73 Å². The number of hydrogen-bond donors (Lipinski definition) is 1. The van der Waals surface area contributed by atoms with Gasteiger partial charge in [0.05, 0.1) is 10.7 Å². The Morgan fingerprint density at radius 3 is 3.00 bits per heavy atom. The Hall–Kier alpha value is -0.410. The van der Waals surface area contributed by atoms with Crippen molar-refractivity contribution in [3.05, 3.63) is 16.1 Å². The van der Waals surface area contributed by atoms with Gasteiger partial charge in [0.15, 0.2) is 0 Å². The van der Waals surface area contributed by atoms with E-state index in [1.807, 2.05) is 0 Å². The summed E-state index contributed by atoms with van der Waals surface area (Å²) < 4.78 is 0. The van der Waals surface area contributed by atoms with Crippen LogP contribution in [0.25, 0.3) is 0 Å². The van der Waals surface area contributed by atoms with Crippen LogP contribution in [0.5, 0.6) is 0 Å². The lowest BCUT2D eigenvalue weighted by atomic mass is 10.1. The van der Waals surface area contributed by atoms with Crippen molar-refractivity contribution < 1.29 is 0 Å². The predicted molar refractivity (Wildman–Crippen MR) is 56.0 cm³/mol. The lowest BCUT2D eigenvalue weighted by Crippen LogP contribution is -2.17. The number of aromatic nitrogens is 1. The van der Waals surface area contributed by atoms with Crippen LogP contribution in [0.1, 0.15) is 36.9 Å². The van der Waals surface area contributed by atoms with E-state index < -0.39 is 0 Å². The van der Waals surface area contributed by atoms with Gasteiger partial charge in [-0.1, -0.05) is 6.92 Å². The molecule has 1 saturated carbocycles. The van der Waals surface area contributed by atoms with Gasteiger partial charge in [0.1, 0.15) is 0 Å². The van der Waals surface area contributed by atoms with Crippen molar-refractivity contribution >= 4 is 11.3 Å². The molecular weight excluding hydrogens is 180 g/mol. The summed E-state index contributed by atoms with van der Waals surface area (Å²) in [4.78, 5) is 4.59. The molecule has 2 nitrogen and oxygen atoms in total. The summed E-state index contributed by atoms with van der Waals surface area (Å²) in [6.07, 6.45) is 2.30. The van der Waals surface area contributed by atoms with Crippen LogP contribution < -0.4 is 5.73 Å². The van der Waals surface area contributed by atoms with Gasteiger partial charge in [-0.3, -0.25) is 0 Å². The number of hydrogen-bond acceptors (Lipinski definition) is 3. The number of thiazole rings is 1. The molecule has 1 aromatic heterocycles. The summed E-state index contributed by atoms with van der Waals surface area (Å²) in [6, 6.07) is 0.330. The van der Waals surface area contributed by atoms with Crippen molar-refractivity contribution in [2.75, 3.05) is 0 Å². The summed E-state index contributed by atoms with van der Waals surface area (Å²) in [5.74, 6) is 1.35. The van der Waals surface area contributed by atoms with Crippen molar-refractivity contribution in [1.29, 1.82) is 0 Å². The van der Waals surface area contributed by atoms with E-state index in [0.717, 1.165) is 6.42 Å². The maximum absolute atomic E-state index is 5.84. The largest absolute Gasteiger partial charge is 0.328 e. The molecule has 3 unspecified atom stereocenters. The highest BCUT2D eigenvalue weighted by atomic mass is 32.1. The second-order valence-corrected chi connectivity index (χ2v) is 4.83. The summed E-state index contributed by atoms with van der Waals surface area (Å²) >= 11 is 1.78. The number of nitrogens with zero attached hydrogens (tertiary/aromatic N) is 1. The minimum Gasteiger partial charge on any atom is -0.328 e. The highest BCUT2D eigenvalue weighted by molar-refractivity contribution is 7.09. The Labute approximate surface area is 83.2 Å². The average Bonchev–Trinajstić information content (AvgIpc) is 2.78. The molecule has 2 N–H and O–H groups in total. The minimum atomic E-state index is 0.330. The van der Waals surface area contributed by atoms with Gasteiger partial charge in [-0.25, -0.2) is 4.98 Å². The van der Waals surface area contributed by atoms with E-state index in [1.165, 1.54) is 17.1 Å². The molecular formula is C10H16N2S. The first-order chi connectivity index (χ1) is 6.22. The van der Waals surface area contributed by atoms with E-state index in [0.29, 0.717) is 17.9 Å². The first kappa shape index (κ1) is 9.16. The molecule has 0 spiro atoms. The van der Waals surface area contributed by atoms with E-state index in [4.69, 9.17) is 5.73 Å². The number of rotatable bonds is 3. The van der Waals surface area contributed by atoms with E-state index in [-0.39, 0.29) is 0 Å². The molecule has 0 saturated heterocycles. The molecule has 2 rings (SSSR count). The van der Waals surface area contributed by atoms with Crippen molar-refractivity contribution in [3.8, 4) is 0 Å². The molecule has 72 valence electrons. The topological polar surface area (TPSA) is 38.9 Å². The fraction of sp³-hybridized carbons (Fsp3) is 0.700. The smallest absolute Gasteiger partial charge is 0.0925 e. The normalized spacial score (nSPS) is 28.8. The maximum atomic E-state index is 5.84. The molecule has 3 heteroatoms. The quantitative estimate of drug-likeness (QED) is 0.804. The maximum Gasteiger partial charge on any atom is 0.0925 e. The van der Waals surface area contributed by atoms with Gasteiger partial charge in [-0.05, 0) is 25.7 Å². The molecule has 1 aromatic rings. The summed E-state index contributed by atoms with van der Waals surface area (Å²) in [5.41, 5.74) is 7.12. The van der Waals surface area contributed by atoms with Gasteiger partial charge in [-0.2, -0.15) is 0 Å². The van der Waals surface area contributed by atoms with Crippen LogP contribution >= 0.6 is 11.3 Å². The van der Waals surface area contributed by atoms with Crippen LogP contribution in [0.4, 0.5) is 0 Å². The van der Waals surface area contributed by atoms with Crippen molar-refractivity contribution in [2.24, 2.45) is 11.7 Å². The van der Waals surface area contributed by atoms with E-state index >= 15 is 0 Å². The molecule has 0 radical (unpaired) electrons. The highest BCUT2D eigenvalue weighted by Gasteiger charge is 2.42. The number of aryl methyl sites for hydroxylation is 1. The van der Waals surface area contributed by atoms with Crippen LogP contribution in [-0.2, 0) is 6.42 Å². The second kappa shape index (κ2) is 3.39. The predicted octanol–water partition coefficient (Wildman–Crippen LogP) is 2.16. The average molecular weight is 196 g/mol. The Balaban J connectivity index is 2.03. The zero-order valence-electron chi connectivity index (χ0n) is 8.16. The Kier molecular flexibility index (Phi) is 2.39. The Morgan fingerprint density at radius 2 is 2.54 bits per heavy atom. The van der Waals surface area contributed by atoms with E-state index in [2.05, 4.69) is 24.2 Å². The van der Waals surface area contributed by atoms with Crippen LogP contribution in [0, 0.1) is 5.92 Å². The van der Waals surface area contributed by atoms with Gasteiger partial charge in [0.25, 0.3) is 0 Å². The molecule has 1 aliphatic rings. The SMILES string of the molecule is CCc1nc(C2CC2C(C)N)cs1. The molecule has 1 heterocycles. The van der Waals surface area contributed by atoms with Gasteiger partial charge in [-0.15, -0.1) is 11.3 Å². The third-order valence-electron chi connectivity index (χ3n) is 2.77. The summed E-state index contributed by atoms with van der Waals surface area (Å²) in [6.45, 7) is 4.25. The van der Waals surface area contributed by atoms with Crippen molar-refractivity contribution in [1.82, 2.24) is 4.98 Å². The first-order valence-electron chi connectivity index (χ1n) is 4.92. The van der Waals surface area contributed by atoms with E-state index in [1.54, 1.807) is 11.3 Å². The van der Waals surface area contributed by atoms with Crippen LogP contribution in [0.15, 0.2) is 5.38 Å². The van der Waals surface area contributed by atoms with Crippen molar-refractivity contribution in [3.63, 3.8) is 0 Å². The molecule has 0 aliphatic heterocycles. The Morgan fingerprint density at radius 1 is 1.77 bits per heavy atom. The van der Waals surface area contributed by atoms with Gasteiger partial charge in [0, 0.05) is 17.3 Å². The van der Waals surface area contributed by atoms with Gasteiger partial charge in [0.2, 0.25) is 0 Å². The van der Waals surface area contributed by atoms with Gasteiger partial charge >= 0.3 is 0 Å². The minimum absolute atomic E-state index is 0.330. The molecule has 1 aliphatic carbocycles. The molecule has 1 fully saturated rings. The lowest BCUT2D eigenvalue weighted by molar-refractivity contribution is 0.628. The molecule has 3 atom stereocenters.